The summed E-state index contributed by atoms with van der Waals surface area (Å²) in [4.78, 5) is 41.8. The number of benzene rings is 2. The van der Waals surface area contributed by atoms with E-state index in [1.807, 2.05) is 24.3 Å². The third-order valence-corrected chi connectivity index (χ3v) is 9.25. The molecule has 3 amide bonds. The van der Waals surface area contributed by atoms with Crippen molar-refractivity contribution in [3.8, 4) is 5.75 Å². The third kappa shape index (κ3) is 3.60. The number of rotatable bonds is 5. The molecule has 1 N–H and O–H groups in total. The number of imide groups is 1. The van der Waals surface area contributed by atoms with Gasteiger partial charge >= 0.3 is 0 Å². The maximum absolute atomic E-state index is 13.7. The second kappa shape index (κ2) is 8.38. The SMILES string of the molecule is O=C1NC(=O)C2(N3Cc4cc(O[C@H]5CCCC[C@H]5N5CC(c6cccc(F)c6)C5)ccc4C3=O)CC1C2. The Hall–Kier alpha value is -3.26. The average molecular weight is 504 g/mol. The Bertz CT molecular complexity index is 1300. The fourth-order valence-corrected chi connectivity index (χ4v) is 7.08. The minimum Gasteiger partial charge on any atom is -0.489 e. The number of hydrogen-bond acceptors (Lipinski definition) is 5. The van der Waals surface area contributed by atoms with Gasteiger partial charge in [0.2, 0.25) is 5.91 Å². The number of nitrogens with one attached hydrogen (secondary N) is 1. The van der Waals surface area contributed by atoms with Crippen LogP contribution >= 0.6 is 0 Å². The Balaban J connectivity index is 1.04. The van der Waals surface area contributed by atoms with E-state index in [9.17, 15) is 18.8 Å². The molecule has 4 heterocycles. The Labute approximate surface area is 214 Å². The van der Waals surface area contributed by atoms with Gasteiger partial charge < -0.3 is 9.64 Å². The number of fused-ring (bicyclic) bond motifs is 3. The van der Waals surface area contributed by atoms with E-state index in [2.05, 4.69) is 10.2 Å². The minimum absolute atomic E-state index is 0.0644. The van der Waals surface area contributed by atoms with Crippen LogP contribution in [0.4, 0.5) is 4.39 Å². The lowest BCUT2D eigenvalue weighted by molar-refractivity contribution is -0.160. The number of hydrogen-bond donors (Lipinski definition) is 1. The van der Waals surface area contributed by atoms with Crippen LogP contribution in [0.15, 0.2) is 42.5 Å². The first-order chi connectivity index (χ1) is 17.9. The number of piperidine rings is 2. The zero-order valence-electron chi connectivity index (χ0n) is 20.6. The van der Waals surface area contributed by atoms with E-state index in [0.29, 0.717) is 36.9 Å². The molecule has 6 aliphatic rings. The van der Waals surface area contributed by atoms with E-state index < -0.39 is 5.54 Å². The summed E-state index contributed by atoms with van der Waals surface area (Å²) in [5, 5.41) is 2.43. The molecule has 37 heavy (non-hydrogen) atoms. The minimum atomic E-state index is -0.903. The van der Waals surface area contributed by atoms with Gasteiger partial charge in [-0.2, -0.15) is 0 Å². The average Bonchev–Trinajstić information content (AvgIpc) is 3.14. The van der Waals surface area contributed by atoms with Gasteiger partial charge in [0.15, 0.2) is 0 Å². The number of amides is 3. The van der Waals surface area contributed by atoms with Crippen LogP contribution in [0.25, 0.3) is 0 Å². The number of halogens is 1. The summed E-state index contributed by atoms with van der Waals surface area (Å²) >= 11 is 0. The summed E-state index contributed by atoms with van der Waals surface area (Å²) < 4.78 is 20.2. The topological polar surface area (TPSA) is 79.0 Å². The van der Waals surface area contributed by atoms with Gasteiger partial charge in [-0.1, -0.05) is 18.6 Å². The van der Waals surface area contributed by atoms with Crippen molar-refractivity contribution in [1.29, 1.82) is 0 Å². The highest BCUT2D eigenvalue weighted by Gasteiger charge is 2.63. The van der Waals surface area contributed by atoms with Crippen molar-refractivity contribution >= 4 is 17.7 Å². The molecule has 2 atom stereocenters. The number of ether oxygens (including phenoxy) is 1. The third-order valence-electron chi connectivity index (χ3n) is 9.25. The highest BCUT2D eigenvalue weighted by molar-refractivity contribution is 6.10. The van der Waals surface area contributed by atoms with Crippen molar-refractivity contribution < 1.29 is 23.5 Å². The summed E-state index contributed by atoms with van der Waals surface area (Å²) in [5.74, 6) is 0.0138. The lowest BCUT2D eigenvalue weighted by atomic mass is 9.63. The molecule has 0 radical (unpaired) electrons. The van der Waals surface area contributed by atoms with E-state index in [1.165, 1.54) is 12.5 Å². The summed E-state index contributed by atoms with van der Waals surface area (Å²) in [6, 6.07) is 12.9. The Morgan fingerprint density at radius 1 is 0.973 bits per heavy atom. The fraction of sp³-hybridized carbons (Fsp3) is 0.483. The van der Waals surface area contributed by atoms with Crippen LogP contribution in [0.1, 0.15) is 65.9 Å². The molecular weight excluding hydrogens is 473 g/mol. The molecule has 3 saturated heterocycles. The zero-order chi connectivity index (χ0) is 25.3. The standard InChI is InChI=1S/C29H30FN3O4/c30-21-5-3-4-17(10-21)20-14-32(15-20)24-6-1-2-7-25(24)37-22-8-9-23-18(11-22)16-33(27(23)35)29-12-19(13-29)26(34)31-28(29)36/h3-5,8-11,19-20,24-25H,1-2,6-7,12-16H2,(H,31,34,36)/t19?,24-,25+,29?/m1/s1. The van der Waals surface area contributed by atoms with Crippen LogP contribution in [-0.2, 0) is 16.1 Å². The van der Waals surface area contributed by atoms with Crippen LogP contribution in [0.3, 0.4) is 0 Å². The second-order valence-electron chi connectivity index (χ2n) is 11.4. The number of likely N-dealkylation sites (tertiary alicyclic amines) is 1. The fourth-order valence-electron chi connectivity index (χ4n) is 7.08. The second-order valence-corrected chi connectivity index (χ2v) is 11.4. The monoisotopic (exact) mass is 503 g/mol. The predicted octanol–water partition coefficient (Wildman–Crippen LogP) is 3.38. The van der Waals surface area contributed by atoms with Gasteiger partial charge in [-0.05, 0) is 73.6 Å². The molecule has 7 nitrogen and oxygen atoms in total. The predicted molar refractivity (Wildman–Crippen MR) is 132 cm³/mol. The largest absolute Gasteiger partial charge is 0.489 e. The van der Waals surface area contributed by atoms with Gasteiger partial charge in [0.1, 0.15) is 23.2 Å². The van der Waals surface area contributed by atoms with Crippen molar-refractivity contribution in [2.45, 2.75) is 68.7 Å². The lowest BCUT2D eigenvalue weighted by Crippen LogP contribution is -2.73. The summed E-state index contributed by atoms with van der Waals surface area (Å²) in [7, 11) is 0. The Morgan fingerprint density at radius 3 is 2.57 bits per heavy atom. The van der Waals surface area contributed by atoms with E-state index in [-0.39, 0.29) is 35.6 Å². The maximum atomic E-state index is 13.7. The van der Waals surface area contributed by atoms with Crippen molar-refractivity contribution in [3.05, 3.63) is 65.0 Å². The first-order valence-electron chi connectivity index (χ1n) is 13.4. The van der Waals surface area contributed by atoms with Crippen LogP contribution in [0.2, 0.25) is 0 Å². The molecule has 0 aromatic heterocycles. The first kappa shape index (κ1) is 22.9. The Kier molecular flexibility index (Phi) is 5.19. The molecule has 8 heteroatoms. The van der Waals surface area contributed by atoms with E-state index in [1.54, 1.807) is 17.0 Å². The van der Waals surface area contributed by atoms with Crippen molar-refractivity contribution in [2.24, 2.45) is 5.92 Å². The molecule has 0 spiro atoms. The normalized spacial score (nSPS) is 31.4. The molecule has 2 aliphatic carbocycles. The van der Waals surface area contributed by atoms with Gasteiger partial charge in [-0.15, -0.1) is 0 Å². The Morgan fingerprint density at radius 2 is 1.78 bits per heavy atom. The quantitative estimate of drug-likeness (QED) is 0.633. The maximum Gasteiger partial charge on any atom is 0.255 e. The smallest absolute Gasteiger partial charge is 0.255 e. The van der Waals surface area contributed by atoms with E-state index >= 15 is 0 Å². The summed E-state index contributed by atoms with van der Waals surface area (Å²) in [6.45, 7) is 2.18. The molecule has 4 aliphatic heterocycles. The molecule has 192 valence electrons. The molecule has 8 rings (SSSR count). The number of carbonyl (C=O) groups is 3. The highest BCUT2D eigenvalue weighted by atomic mass is 19.1. The molecule has 2 aromatic carbocycles. The van der Waals surface area contributed by atoms with Crippen molar-refractivity contribution in [3.63, 3.8) is 0 Å². The molecule has 2 saturated carbocycles. The highest BCUT2D eigenvalue weighted by Crippen LogP contribution is 2.49. The summed E-state index contributed by atoms with van der Waals surface area (Å²) in [5.41, 5.74) is 1.63. The van der Waals surface area contributed by atoms with E-state index in [0.717, 1.165) is 49.2 Å². The van der Waals surface area contributed by atoms with Gasteiger partial charge in [-0.25, -0.2) is 4.39 Å². The molecule has 2 bridgehead atoms. The van der Waals surface area contributed by atoms with Crippen LogP contribution < -0.4 is 10.1 Å². The van der Waals surface area contributed by atoms with Gasteiger partial charge in [0.25, 0.3) is 11.8 Å². The molecule has 0 unspecified atom stereocenters. The zero-order valence-corrected chi connectivity index (χ0v) is 20.6. The lowest BCUT2D eigenvalue weighted by Gasteiger charge is -2.53. The van der Waals surface area contributed by atoms with Crippen LogP contribution in [0, 0.1) is 11.7 Å². The van der Waals surface area contributed by atoms with Gasteiger partial charge in [-0.3, -0.25) is 24.6 Å². The van der Waals surface area contributed by atoms with Gasteiger partial charge in [0.05, 0.1) is 0 Å². The van der Waals surface area contributed by atoms with E-state index in [4.69, 9.17) is 4.74 Å². The van der Waals surface area contributed by atoms with Crippen LogP contribution in [-0.4, -0.2) is 58.3 Å². The number of carbonyl (C=O) groups excluding carboxylic acids is 3. The molecule has 5 fully saturated rings. The van der Waals surface area contributed by atoms with Gasteiger partial charge in [0, 0.05) is 43.1 Å². The van der Waals surface area contributed by atoms with Crippen LogP contribution in [0.5, 0.6) is 5.75 Å². The van der Waals surface area contributed by atoms with Crippen molar-refractivity contribution in [1.82, 2.24) is 15.1 Å². The van der Waals surface area contributed by atoms with Crippen molar-refractivity contribution in [2.75, 3.05) is 13.1 Å². The molecule has 2 aromatic rings. The molecular formula is C29H30FN3O4. The number of nitrogens with zero attached hydrogens (tertiary/aromatic N) is 2. The summed E-state index contributed by atoms with van der Waals surface area (Å²) in [6.07, 6.45) is 5.24. The first-order valence-corrected chi connectivity index (χ1v) is 13.4.